The lowest BCUT2D eigenvalue weighted by Gasteiger charge is -2.43. The summed E-state index contributed by atoms with van der Waals surface area (Å²) in [7, 11) is 2.24. The van der Waals surface area contributed by atoms with Crippen molar-refractivity contribution in [2.45, 2.75) is 38.1 Å². The monoisotopic (exact) mass is 490 g/mol. The number of hydrogen-bond donors (Lipinski definition) is 1. The minimum atomic E-state index is 0.118. The van der Waals surface area contributed by atoms with Crippen LogP contribution in [-0.4, -0.2) is 72.2 Å². The van der Waals surface area contributed by atoms with Crippen molar-refractivity contribution >= 4 is 28.2 Å². The van der Waals surface area contributed by atoms with E-state index in [2.05, 4.69) is 46.1 Å². The number of anilines is 1. The lowest BCUT2D eigenvalue weighted by molar-refractivity contribution is 0.115. The molecule has 0 atom stereocenters. The van der Waals surface area contributed by atoms with Gasteiger partial charge in [-0.05, 0) is 99.1 Å². The largest absolute Gasteiger partial charge is 0.506 e. The summed E-state index contributed by atoms with van der Waals surface area (Å²) in [6.45, 7) is 6.84. The molecule has 1 aliphatic carbocycles. The van der Waals surface area contributed by atoms with Crippen molar-refractivity contribution < 1.29 is 5.11 Å². The zero-order chi connectivity index (χ0) is 23.9. The summed E-state index contributed by atoms with van der Waals surface area (Å²) in [6, 6.07) is 12.7. The standard InChI is InChI=1S/C29H35ClN4O/c1-32-10-8-24(9-11-32)33-12-14-34(15-13-33)29-23(16-20-2-3-20)19-31-27-6-4-21(17-25(27)29)22-5-7-28(35)26(30)18-22/h4-7,17-20,24,35H,2-3,8-16H2,1H3. The maximum absolute atomic E-state index is 9.88. The van der Waals surface area contributed by atoms with E-state index in [1.54, 1.807) is 6.07 Å². The van der Waals surface area contributed by atoms with Crippen molar-refractivity contribution in [2.75, 3.05) is 51.2 Å². The van der Waals surface area contributed by atoms with E-state index in [-0.39, 0.29) is 5.75 Å². The first-order valence-electron chi connectivity index (χ1n) is 13.1. The normalized spacial score (nSPS) is 20.6. The van der Waals surface area contributed by atoms with Crippen LogP contribution in [0.15, 0.2) is 42.6 Å². The number of phenolic OH excluding ortho intramolecular Hbond substituents is 1. The van der Waals surface area contributed by atoms with Crippen molar-refractivity contribution in [2.24, 2.45) is 5.92 Å². The van der Waals surface area contributed by atoms with Gasteiger partial charge in [-0.2, -0.15) is 0 Å². The molecule has 1 N–H and O–H groups in total. The van der Waals surface area contributed by atoms with Crippen LogP contribution in [0.2, 0.25) is 5.02 Å². The fourth-order valence-electron chi connectivity index (χ4n) is 5.91. The molecule has 1 saturated carbocycles. The molecule has 0 unspecified atom stereocenters. The lowest BCUT2D eigenvalue weighted by atomic mass is 9.98. The third-order valence-electron chi connectivity index (χ3n) is 8.24. The van der Waals surface area contributed by atoms with Crippen molar-refractivity contribution in [3.05, 3.63) is 53.2 Å². The average Bonchev–Trinajstić information content (AvgIpc) is 3.70. The van der Waals surface area contributed by atoms with E-state index in [4.69, 9.17) is 16.6 Å². The van der Waals surface area contributed by atoms with Crippen LogP contribution in [0, 0.1) is 5.92 Å². The number of piperazine rings is 1. The summed E-state index contributed by atoms with van der Waals surface area (Å²) in [5.41, 5.74) is 5.95. The quantitative estimate of drug-likeness (QED) is 0.516. The number of hydrogen-bond acceptors (Lipinski definition) is 5. The zero-order valence-corrected chi connectivity index (χ0v) is 21.3. The Morgan fingerprint density at radius 3 is 2.34 bits per heavy atom. The number of halogens is 1. The number of phenols is 1. The molecule has 2 saturated heterocycles. The van der Waals surface area contributed by atoms with Gasteiger partial charge in [-0.3, -0.25) is 9.88 Å². The molecule has 0 bridgehead atoms. The Kier molecular flexibility index (Phi) is 6.34. The molecular weight excluding hydrogens is 456 g/mol. The highest BCUT2D eigenvalue weighted by atomic mass is 35.5. The molecule has 2 aliphatic heterocycles. The molecule has 35 heavy (non-hydrogen) atoms. The fourth-order valence-corrected chi connectivity index (χ4v) is 6.09. The first-order valence-corrected chi connectivity index (χ1v) is 13.5. The Labute approximate surface area is 213 Å². The summed E-state index contributed by atoms with van der Waals surface area (Å²) in [5, 5.41) is 11.5. The van der Waals surface area contributed by atoms with Gasteiger partial charge in [-0.1, -0.05) is 23.7 Å². The number of aromatic nitrogens is 1. The van der Waals surface area contributed by atoms with Crippen molar-refractivity contribution in [1.82, 2.24) is 14.8 Å². The highest BCUT2D eigenvalue weighted by molar-refractivity contribution is 6.32. The highest BCUT2D eigenvalue weighted by Gasteiger charge is 2.30. The Morgan fingerprint density at radius 2 is 1.63 bits per heavy atom. The van der Waals surface area contributed by atoms with Gasteiger partial charge in [0.15, 0.2) is 0 Å². The second-order valence-electron chi connectivity index (χ2n) is 10.7. The molecule has 3 fully saturated rings. The van der Waals surface area contributed by atoms with Crippen molar-refractivity contribution in [1.29, 1.82) is 0 Å². The molecule has 0 radical (unpaired) electrons. The molecular formula is C29H35ClN4O. The van der Waals surface area contributed by atoms with Gasteiger partial charge >= 0.3 is 0 Å². The minimum Gasteiger partial charge on any atom is -0.506 e. The highest BCUT2D eigenvalue weighted by Crippen LogP contribution is 2.40. The van der Waals surface area contributed by atoms with E-state index in [1.807, 2.05) is 12.1 Å². The number of fused-ring (bicyclic) bond motifs is 1. The number of nitrogens with zero attached hydrogens (tertiary/aromatic N) is 4. The summed E-state index contributed by atoms with van der Waals surface area (Å²) in [4.78, 5) is 12.7. The number of aromatic hydroxyl groups is 1. The average molecular weight is 491 g/mol. The smallest absolute Gasteiger partial charge is 0.134 e. The minimum absolute atomic E-state index is 0.118. The number of rotatable bonds is 5. The Balaban J connectivity index is 1.32. The Bertz CT molecular complexity index is 1210. The number of piperidine rings is 1. The first kappa shape index (κ1) is 23.1. The molecule has 6 heteroatoms. The topological polar surface area (TPSA) is 42.8 Å². The number of benzene rings is 2. The van der Waals surface area contributed by atoms with Crippen LogP contribution < -0.4 is 4.90 Å². The van der Waals surface area contributed by atoms with Gasteiger partial charge in [0, 0.05) is 43.8 Å². The fraction of sp³-hybridized carbons (Fsp3) is 0.483. The van der Waals surface area contributed by atoms with Crippen LogP contribution in [0.4, 0.5) is 5.69 Å². The molecule has 1 aromatic heterocycles. The van der Waals surface area contributed by atoms with E-state index in [0.29, 0.717) is 5.02 Å². The SMILES string of the molecule is CN1CCC(N2CCN(c3c(CC4CC4)cnc4ccc(-c5ccc(O)c(Cl)c5)cc34)CC2)CC1. The summed E-state index contributed by atoms with van der Waals surface area (Å²) in [5.74, 6) is 0.931. The third kappa shape index (κ3) is 4.87. The van der Waals surface area contributed by atoms with E-state index >= 15 is 0 Å². The third-order valence-corrected chi connectivity index (χ3v) is 8.54. The van der Waals surface area contributed by atoms with Gasteiger partial charge in [0.05, 0.1) is 16.2 Å². The second kappa shape index (κ2) is 9.61. The van der Waals surface area contributed by atoms with Crippen LogP contribution in [-0.2, 0) is 6.42 Å². The van der Waals surface area contributed by atoms with Crippen molar-refractivity contribution in [3.8, 4) is 16.9 Å². The summed E-state index contributed by atoms with van der Waals surface area (Å²) < 4.78 is 0. The molecule has 0 amide bonds. The molecule has 3 aromatic rings. The molecule has 3 heterocycles. The van der Waals surface area contributed by atoms with Gasteiger partial charge in [0.1, 0.15) is 5.75 Å². The predicted molar refractivity (Wildman–Crippen MR) is 145 cm³/mol. The van der Waals surface area contributed by atoms with Crippen LogP contribution in [0.5, 0.6) is 5.75 Å². The van der Waals surface area contributed by atoms with Crippen LogP contribution in [0.3, 0.4) is 0 Å². The second-order valence-corrected chi connectivity index (χ2v) is 11.1. The molecule has 2 aromatic carbocycles. The van der Waals surface area contributed by atoms with Gasteiger partial charge < -0.3 is 14.9 Å². The van der Waals surface area contributed by atoms with Gasteiger partial charge in [-0.15, -0.1) is 0 Å². The number of likely N-dealkylation sites (tertiary alicyclic amines) is 1. The van der Waals surface area contributed by atoms with E-state index in [0.717, 1.165) is 61.2 Å². The van der Waals surface area contributed by atoms with Crippen molar-refractivity contribution in [3.63, 3.8) is 0 Å². The zero-order valence-electron chi connectivity index (χ0n) is 20.6. The molecule has 184 valence electrons. The Hall–Kier alpha value is -2.34. The summed E-state index contributed by atoms with van der Waals surface area (Å²) >= 11 is 6.23. The van der Waals surface area contributed by atoms with Crippen LogP contribution in [0.25, 0.3) is 22.0 Å². The Morgan fingerprint density at radius 1 is 0.914 bits per heavy atom. The van der Waals surface area contributed by atoms with E-state index < -0.39 is 0 Å². The van der Waals surface area contributed by atoms with Crippen LogP contribution >= 0.6 is 11.6 Å². The maximum atomic E-state index is 9.88. The van der Waals surface area contributed by atoms with Gasteiger partial charge in [0.2, 0.25) is 0 Å². The van der Waals surface area contributed by atoms with E-state index in [1.165, 1.54) is 55.4 Å². The molecule has 6 rings (SSSR count). The molecule has 3 aliphatic rings. The van der Waals surface area contributed by atoms with Gasteiger partial charge in [-0.25, -0.2) is 0 Å². The molecule has 0 spiro atoms. The lowest BCUT2D eigenvalue weighted by Crippen LogP contribution is -2.53. The predicted octanol–water partition coefficient (Wildman–Crippen LogP) is 5.43. The summed E-state index contributed by atoms with van der Waals surface area (Å²) in [6.07, 6.45) is 8.53. The van der Waals surface area contributed by atoms with Gasteiger partial charge in [0.25, 0.3) is 0 Å². The maximum Gasteiger partial charge on any atom is 0.134 e. The first-order chi connectivity index (χ1) is 17.0. The number of pyridine rings is 1. The molecule has 5 nitrogen and oxygen atoms in total. The van der Waals surface area contributed by atoms with Crippen LogP contribution in [0.1, 0.15) is 31.2 Å². The van der Waals surface area contributed by atoms with E-state index in [9.17, 15) is 5.11 Å².